The molecule has 0 radical (unpaired) electrons. The third-order valence-electron chi connectivity index (χ3n) is 6.06. The van der Waals surface area contributed by atoms with Gasteiger partial charge >= 0.3 is 19.5 Å². The molecule has 192 valence electrons. The van der Waals surface area contributed by atoms with Crippen molar-refractivity contribution in [3.05, 3.63) is 108 Å². The fraction of sp³-hybridized carbons (Fsp3) is 0.0714. The number of phenolic OH excluding ortho intramolecular Hbond substituents is 2. The number of carboxylic acids is 2. The Labute approximate surface area is 245 Å². The van der Waals surface area contributed by atoms with Crippen LogP contribution in [0.3, 0.4) is 0 Å². The third-order valence-corrected chi connectivity index (χ3v) is 8.80. The van der Waals surface area contributed by atoms with Crippen molar-refractivity contribution in [2.75, 3.05) is 10.6 Å². The van der Waals surface area contributed by atoms with Gasteiger partial charge in [0.2, 0.25) is 0 Å². The van der Waals surface area contributed by atoms with Crippen LogP contribution in [0.2, 0.25) is 0 Å². The summed E-state index contributed by atoms with van der Waals surface area (Å²) < 4.78 is 0. The predicted molar refractivity (Wildman–Crippen MR) is 141 cm³/mol. The monoisotopic (exact) mass is 608 g/mol. The molecule has 0 fully saturated rings. The molecule has 4 aromatic rings. The Hall–Kier alpha value is -3.66. The molecule has 0 aromatic heterocycles. The molecule has 0 bridgehead atoms. The second-order valence-electron chi connectivity index (χ2n) is 8.42. The first kappa shape index (κ1) is 28.4. The van der Waals surface area contributed by atoms with E-state index in [9.17, 15) is 30.0 Å². The van der Waals surface area contributed by atoms with Gasteiger partial charge in [0.1, 0.15) is 11.5 Å². The number of phenols is 2. The smallest absolute Gasteiger partial charge is 0.546 e. The average Bonchev–Trinajstić information content (AvgIpc) is 3.50. The molecule has 2 heterocycles. The van der Waals surface area contributed by atoms with E-state index < -0.39 is 21.7 Å². The van der Waals surface area contributed by atoms with Crippen molar-refractivity contribution in [1.82, 2.24) is 0 Å². The Bertz CT molecular complexity index is 1380. The van der Waals surface area contributed by atoms with Crippen molar-refractivity contribution < 1.29 is 49.5 Å². The summed E-state index contributed by atoms with van der Waals surface area (Å²) in [5.74, 6) is -2.70. The first-order valence-corrected chi connectivity index (χ1v) is 13.0. The summed E-state index contributed by atoms with van der Waals surface area (Å²) in [7, 11) is 0. The number of aliphatic carboxylic acids is 2. The number of hydrogen-bond donors (Lipinski definition) is 4. The summed E-state index contributed by atoms with van der Waals surface area (Å²) in [5.41, 5.74) is 2.02. The minimum Gasteiger partial charge on any atom is -0.546 e. The van der Waals surface area contributed by atoms with Gasteiger partial charge in [0.15, 0.2) is 9.74 Å². The minimum atomic E-state index is -1.49. The Morgan fingerprint density at radius 2 is 0.923 bits per heavy atom. The van der Waals surface area contributed by atoms with Gasteiger partial charge in [-0.3, -0.25) is 0 Å². The third kappa shape index (κ3) is 5.05. The summed E-state index contributed by atoms with van der Waals surface area (Å²) in [6.45, 7) is 0. The van der Waals surface area contributed by atoms with Crippen LogP contribution in [0.4, 0.5) is 11.4 Å². The molecule has 0 spiro atoms. The molecule has 4 N–H and O–H groups in total. The maximum absolute atomic E-state index is 11.6. The molecule has 0 amide bonds. The van der Waals surface area contributed by atoms with Crippen LogP contribution in [-0.4, -0.2) is 22.2 Å². The molecule has 2 unspecified atom stereocenters. The molecule has 39 heavy (non-hydrogen) atoms. The number of fused-ring (bicyclic) bond motifs is 2. The van der Waals surface area contributed by atoms with Crippen molar-refractivity contribution in [3.8, 4) is 11.5 Å². The van der Waals surface area contributed by atoms with Crippen LogP contribution in [0.15, 0.2) is 107 Å². The molecule has 0 saturated carbocycles. The largest absolute Gasteiger partial charge is 2.00 e. The predicted octanol–water partition coefficient (Wildman–Crippen LogP) is 3.02. The first-order chi connectivity index (χ1) is 18.3. The SMILES string of the molecule is O=C([O-])C1(c2ccccc2O)Nc2ccccc2S1.O=C([O-])C1(c2ccccc2O)Nc2ccccc2S1.[Zn+2]. The van der Waals surface area contributed by atoms with E-state index in [1.165, 1.54) is 12.1 Å². The number of para-hydroxylation sites is 4. The number of thioether (sulfide) groups is 2. The van der Waals surface area contributed by atoms with Gasteiger partial charge in [-0.25, -0.2) is 0 Å². The standard InChI is InChI=1S/2C14H11NO3S.Zn/c2*16-11-7-3-1-5-9(11)14(13(17)18)15-10-6-2-4-8-12(10)19-14;/h2*1-8,15-16H,(H,17,18);/q;;+2/p-2. The van der Waals surface area contributed by atoms with E-state index in [2.05, 4.69) is 10.6 Å². The van der Waals surface area contributed by atoms with Crippen LogP contribution < -0.4 is 20.8 Å². The molecule has 2 aliphatic heterocycles. The second kappa shape index (κ2) is 11.2. The molecule has 0 aliphatic carbocycles. The second-order valence-corrected chi connectivity index (χ2v) is 10.9. The number of hydrogen-bond acceptors (Lipinski definition) is 10. The van der Waals surface area contributed by atoms with Crippen molar-refractivity contribution in [3.63, 3.8) is 0 Å². The molecule has 2 atom stereocenters. The maximum atomic E-state index is 11.6. The number of anilines is 2. The molecular formula is C28H20N2O6S2Zn. The van der Waals surface area contributed by atoms with Gasteiger partial charge in [-0.2, -0.15) is 0 Å². The van der Waals surface area contributed by atoms with Gasteiger partial charge in [-0.1, -0.05) is 84.2 Å². The molecular weight excluding hydrogens is 590 g/mol. The van der Waals surface area contributed by atoms with Gasteiger partial charge in [0, 0.05) is 32.3 Å². The number of nitrogens with one attached hydrogen (secondary N) is 2. The topological polar surface area (TPSA) is 145 Å². The maximum Gasteiger partial charge on any atom is 2.00 e. The first-order valence-electron chi connectivity index (χ1n) is 11.4. The molecule has 4 aromatic carbocycles. The van der Waals surface area contributed by atoms with Crippen LogP contribution in [0.5, 0.6) is 11.5 Å². The summed E-state index contributed by atoms with van der Waals surface area (Å²) in [4.78, 5) is 21.9. The van der Waals surface area contributed by atoms with Gasteiger partial charge in [0.25, 0.3) is 0 Å². The van der Waals surface area contributed by atoms with Crippen LogP contribution in [0, 0.1) is 0 Å². The molecule has 2 aliphatic rings. The van der Waals surface area contributed by atoms with Crippen LogP contribution >= 0.6 is 23.5 Å². The Balaban J connectivity index is 0.000000176. The van der Waals surface area contributed by atoms with Crippen molar-refractivity contribution in [2.45, 2.75) is 19.5 Å². The Morgan fingerprint density at radius 1 is 0.590 bits per heavy atom. The van der Waals surface area contributed by atoms with E-state index in [4.69, 9.17) is 0 Å². The molecule has 0 saturated heterocycles. The van der Waals surface area contributed by atoms with Crippen LogP contribution in [-0.2, 0) is 38.8 Å². The quantitative estimate of drug-likeness (QED) is 0.255. The fourth-order valence-corrected chi connectivity index (χ4v) is 6.74. The molecule has 8 nitrogen and oxygen atoms in total. The van der Waals surface area contributed by atoms with E-state index in [0.717, 1.165) is 44.7 Å². The van der Waals surface area contributed by atoms with E-state index in [-0.39, 0.29) is 42.1 Å². The van der Waals surface area contributed by atoms with Crippen LogP contribution in [0.1, 0.15) is 11.1 Å². The van der Waals surface area contributed by atoms with E-state index in [1.807, 2.05) is 36.4 Å². The number of rotatable bonds is 4. The van der Waals surface area contributed by atoms with Gasteiger partial charge in [0.05, 0.1) is 11.9 Å². The molecule has 11 heteroatoms. The van der Waals surface area contributed by atoms with Crippen molar-refractivity contribution in [1.29, 1.82) is 0 Å². The summed E-state index contributed by atoms with van der Waals surface area (Å²) >= 11 is 2.25. The Morgan fingerprint density at radius 3 is 1.26 bits per heavy atom. The van der Waals surface area contributed by atoms with E-state index >= 15 is 0 Å². The van der Waals surface area contributed by atoms with Crippen molar-refractivity contribution >= 4 is 46.8 Å². The molecule has 6 rings (SSSR count). The zero-order valence-electron chi connectivity index (χ0n) is 20.3. The van der Waals surface area contributed by atoms with Gasteiger partial charge in [-0.05, 0) is 36.4 Å². The average molecular weight is 610 g/mol. The van der Waals surface area contributed by atoms with Gasteiger partial charge < -0.3 is 40.6 Å². The number of benzene rings is 4. The van der Waals surface area contributed by atoms with Crippen LogP contribution in [0.25, 0.3) is 0 Å². The Kier molecular flexibility index (Phi) is 8.16. The summed E-state index contributed by atoms with van der Waals surface area (Å²) in [6, 6.07) is 27.3. The zero-order valence-corrected chi connectivity index (χ0v) is 24.9. The number of carbonyl (C=O) groups is 2. The van der Waals surface area contributed by atoms with Gasteiger partial charge in [-0.15, -0.1) is 0 Å². The minimum absolute atomic E-state index is 0. The fourth-order valence-electron chi connectivity index (χ4n) is 4.27. The van der Waals surface area contributed by atoms with E-state index in [1.54, 1.807) is 48.5 Å². The number of carboxylic acid groups (broad SMARTS) is 2. The summed E-state index contributed by atoms with van der Waals surface area (Å²) in [5, 5.41) is 49.0. The number of carbonyl (C=O) groups excluding carboxylic acids is 2. The van der Waals surface area contributed by atoms with Crippen molar-refractivity contribution in [2.24, 2.45) is 0 Å². The normalized spacial score (nSPS) is 20.1. The number of aromatic hydroxyl groups is 2. The zero-order chi connectivity index (χ0) is 26.9. The van der Waals surface area contributed by atoms with E-state index in [0.29, 0.717) is 0 Å². The summed E-state index contributed by atoms with van der Waals surface area (Å²) in [6.07, 6.45) is 0.